The zero-order valence-electron chi connectivity index (χ0n) is 18.2. The van der Waals surface area contributed by atoms with E-state index >= 15 is 0 Å². The topological polar surface area (TPSA) is 92.9 Å². The molecule has 4 aromatic rings. The largest absolute Gasteiger partial charge is 0.365 e. The van der Waals surface area contributed by atoms with E-state index in [9.17, 15) is 9.18 Å². The molecule has 0 radical (unpaired) electrons. The quantitative estimate of drug-likeness (QED) is 0.455. The number of amides is 1. The van der Waals surface area contributed by atoms with Gasteiger partial charge >= 0.3 is 0 Å². The van der Waals surface area contributed by atoms with E-state index in [0.717, 1.165) is 22.0 Å². The Morgan fingerprint density at radius 2 is 1.84 bits per heavy atom. The van der Waals surface area contributed by atoms with Gasteiger partial charge in [0.25, 0.3) is 0 Å². The highest BCUT2D eigenvalue weighted by Gasteiger charge is 2.15. The zero-order valence-corrected chi connectivity index (χ0v) is 18.2. The minimum absolute atomic E-state index is 0.168. The van der Waals surface area contributed by atoms with Crippen LogP contribution in [0.2, 0.25) is 0 Å². The number of hydrogen-bond donors (Lipinski definition) is 2. The summed E-state index contributed by atoms with van der Waals surface area (Å²) in [6, 6.07) is 12.4. The molecule has 8 heteroatoms. The molecular weight excluding hydrogens is 409 g/mol. The van der Waals surface area contributed by atoms with Gasteiger partial charge in [-0.1, -0.05) is 35.5 Å². The predicted molar refractivity (Wildman–Crippen MR) is 120 cm³/mol. The Hall–Kier alpha value is -3.81. The van der Waals surface area contributed by atoms with Crippen LogP contribution in [-0.4, -0.2) is 21.0 Å². The van der Waals surface area contributed by atoms with Crippen LogP contribution in [0.3, 0.4) is 0 Å². The first-order valence-corrected chi connectivity index (χ1v) is 10.3. The van der Waals surface area contributed by atoms with Gasteiger partial charge in [-0.15, -0.1) is 0 Å². The van der Waals surface area contributed by atoms with Crippen molar-refractivity contribution in [2.75, 3.05) is 5.32 Å². The monoisotopic (exact) mass is 433 g/mol. The molecule has 2 aromatic carbocycles. The van der Waals surface area contributed by atoms with Gasteiger partial charge in [0, 0.05) is 23.1 Å². The van der Waals surface area contributed by atoms with E-state index in [0.29, 0.717) is 28.7 Å². The van der Waals surface area contributed by atoms with Crippen molar-refractivity contribution in [3.63, 3.8) is 0 Å². The molecule has 164 valence electrons. The van der Waals surface area contributed by atoms with E-state index in [1.54, 1.807) is 25.1 Å². The smallest absolute Gasteiger partial charge is 0.224 e. The summed E-state index contributed by atoms with van der Waals surface area (Å²) in [5, 5.41) is 10.8. The molecule has 0 spiro atoms. The normalized spacial score (nSPS) is 11.0. The van der Waals surface area contributed by atoms with Gasteiger partial charge in [0.1, 0.15) is 17.4 Å². The van der Waals surface area contributed by atoms with E-state index in [4.69, 9.17) is 4.52 Å². The van der Waals surface area contributed by atoms with Gasteiger partial charge in [0.2, 0.25) is 5.91 Å². The summed E-state index contributed by atoms with van der Waals surface area (Å²) < 4.78 is 19.2. The standard InChI is InChI=1S/C24H24FN5O2/c1-14-7-6-9-18-23(14)28-21(13-26-22(31)11-19-15(2)30-32-16(19)3)29-24(18)27-12-17-8-4-5-10-20(17)25/h4-10H,11-13H2,1-3H3,(H,26,31)(H,27,28,29). The molecule has 0 atom stereocenters. The lowest BCUT2D eigenvalue weighted by Crippen LogP contribution is -2.26. The average molecular weight is 433 g/mol. The number of carbonyl (C=O) groups excluding carboxylic acids is 1. The number of benzene rings is 2. The van der Waals surface area contributed by atoms with Gasteiger partial charge < -0.3 is 15.2 Å². The Labute approximate surface area is 185 Å². The van der Waals surface area contributed by atoms with E-state index in [-0.39, 0.29) is 31.2 Å². The second-order valence-corrected chi connectivity index (χ2v) is 7.66. The molecule has 0 aliphatic rings. The number of carbonyl (C=O) groups is 1. The van der Waals surface area contributed by atoms with Gasteiger partial charge in [-0.3, -0.25) is 4.79 Å². The van der Waals surface area contributed by atoms with Gasteiger partial charge in [-0.05, 0) is 38.5 Å². The van der Waals surface area contributed by atoms with Crippen LogP contribution in [0, 0.1) is 26.6 Å². The molecule has 0 saturated heterocycles. The SMILES string of the molecule is Cc1noc(C)c1CC(=O)NCc1nc(NCc2ccccc2F)c2cccc(C)c2n1. The molecule has 2 aromatic heterocycles. The fourth-order valence-electron chi connectivity index (χ4n) is 3.53. The summed E-state index contributed by atoms with van der Waals surface area (Å²) in [6.45, 7) is 6.01. The minimum Gasteiger partial charge on any atom is -0.365 e. The fraction of sp³-hybridized carbons (Fsp3) is 0.250. The molecule has 4 rings (SSSR count). The number of anilines is 1. The molecule has 7 nitrogen and oxygen atoms in total. The van der Waals surface area contributed by atoms with E-state index in [1.165, 1.54) is 6.07 Å². The molecule has 0 fully saturated rings. The Bertz CT molecular complexity index is 1270. The number of nitrogens with zero attached hydrogens (tertiary/aromatic N) is 3. The first kappa shape index (κ1) is 21.4. The zero-order chi connectivity index (χ0) is 22.7. The second kappa shape index (κ2) is 9.13. The summed E-state index contributed by atoms with van der Waals surface area (Å²) in [5.41, 5.74) is 3.80. The molecule has 0 bridgehead atoms. The average Bonchev–Trinajstić information content (AvgIpc) is 3.09. The van der Waals surface area contributed by atoms with Gasteiger partial charge in [-0.2, -0.15) is 0 Å². The number of rotatable bonds is 7. The van der Waals surface area contributed by atoms with Crippen LogP contribution < -0.4 is 10.6 Å². The van der Waals surface area contributed by atoms with Crippen LogP contribution in [0.4, 0.5) is 10.2 Å². The van der Waals surface area contributed by atoms with Crippen molar-refractivity contribution in [2.45, 2.75) is 40.3 Å². The molecular formula is C24H24FN5O2. The maximum absolute atomic E-state index is 14.0. The van der Waals surface area contributed by atoms with E-state index < -0.39 is 0 Å². The van der Waals surface area contributed by atoms with Gasteiger partial charge in [0.05, 0.1) is 24.2 Å². The van der Waals surface area contributed by atoms with Crippen molar-refractivity contribution in [1.29, 1.82) is 0 Å². The maximum atomic E-state index is 14.0. The lowest BCUT2D eigenvalue weighted by molar-refractivity contribution is -0.120. The molecule has 2 N–H and O–H groups in total. The van der Waals surface area contributed by atoms with Crippen molar-refractivity contribution < 1.29 is 13.7 Å². The lowest BCUT2D eigenvalue weighted by Gasteiger charge is -2.13. The number of fused-ring (bicyclic) bond motifs is 1. The van der Waals surface area contributed by atoms with Crippen molar-refractivity contribution in [3.05, 3.63) is 82.3 Å². The third-order valence-electron chi connectivity index (χ3n) is 5.34. The predicted octanol–water partition coefficient (Wildman–Crippen LogP) is 4.15. The summed E-state index contributed by atoms with van der Waals surface area (Å²) in [6.07, 6.45) is 0.173. The summed E-state index contributed by atoms with van der Waals surface area (Å²) in [7, 11) is 0. The lowest BCUT2D eigenvalue weighted by atomic mass is 10.1. The minimum atomic E-state index is -0.277. The number of aryl methyl sites for hydroxylation is 3. The fourth-order valence-corrected chi connectivity index (χ4v) is 3.53. The first-order chi connectivity index (χ1) is 15.4. The molecule has 0 saturated carbocycles. The molecule has 2 heterocycles. The van der Waals surface area contributed by atoms with Crippen LogP contribution in [0.5, 0.6) is 0 Å². The van der Waals surface area contributed by atoms with Crippen molar-refractivity contribution in [2.24, 2.45) is 0 Å². The van der Waals surface area contributed by atoms with Gasteiger partial charge in [0.15, 0.2) is 5.82 Å². The van der Waals surface area contributed by atoms with Crippen molar-refractivity contribution in [1.82, 2.24) is 20.4 Å². The van der Waals surface area contributed by atoms with Crippen LogP contribution in [-0.2, 0) is 24.3 Å². The van der Waals surface area contributed by atoms with E-state index in [2.05, 4.69) is 25.8 Å². The van der Waals surface area contributed by atoms with Crippen LogP contribution in [0.15, 0.2) is 47.0 Å². The highest BCUT2D eigenvalue weighted by molar-refractivity contribution is 5.91. The number of aromatic nitrogens is 3. The molecule has 32 heavy (non-hydrogen) atoms. The molecule has 1 amide bonds. The summed E-state index contributed by atoms with van der Waals surface area (Å²) >= 11 is 0. The number of para-hydroxylation sites is 1. The second-order valence-electron chi connectivity index (χ2n) is 7.66. The summed E-state index contributed by atoms with van der Waals surface area (Å²) in [4.78, 5) is 21.7. The Kier molecular flexibility index (Phi) is 6.11. The molecule has 0 aliphatic heterocycles. The highest BCUT2D eigenvalue weighted by Crippen LogP contribution is 2.24. The van der Waals surface area contributed by atoms with Crippen molar-refractivity contribution in [3.8, 4) is 0 Å². The van der Waals surface area contributed by atoms with Crippen LogP contribution in [0.1, 0.15) is 34.0 Å². The van der Waals surface area contributed by atoms with Crippen LogP contribution in [0.25, 0.3) is 10.9 Å². The number of hydrogen-bond acceptors (Lipinski definition) is 6. The van der Waals surface area contributed by atoms with Crippen molar-refractivity contribution >= 4 is 22.6 Å². The van der Waals surface area contributed by atoms with Gasteiger partial charge in [-0.25, -0.2) is 14.4 Å². The maximum Gasteiger partial charge on any atom is 0.224 e. The van der Waals surface area contributed by atoms with E-state index in [1.807, 2.05) is 32.0 Å². The molecule has 0 aliphatic carbocycles. The van der Waals surface area contributed by atoms with Crippen LogP contribution >= 0.6 is 0 Å². The Morgan fingerprint density at radius 1 is 1.03 bits per heavy atom. The third-order valence-corrected chi connectivity index (χ3v) is 5.34. The highest BCUT2D eigenvalue weighted by atomic mass is 19.1. The third kappa shape index (κ3) is 4.59. The number of halogens is 1. The Balaban J connectivity index is 1.54. The first-order valence-electron chi connectivity index (χ1n) is 10.3. The number of nitrogens with one attached hydrogen (secondary N) is 2. The summed E-state index contributed by atoms with van der Waals surface area (Å²) in [5.74, 6) is 1.25. The Morgan fingerprint density at radius 3 is 2.59 bits per heavy atom. The molecule has 0 unspecified atom stereocenters.